The minimum atomic E-state index is -0.412. The maximum absolute atomic E-state index is 12.4. The Balaban J connectivity index is 1.41. The molecule has 0 atom stereocenters. The van der Waals surface area contributed by atoms with E-state index in [1.807, 2.05) is 17.5 Å². The smallest absolute Gasteiger partial charge is 0.410 e. The molecule has 0 N–H and O–H groups in total. The van der Waals surface area contributed by atoms with Gasteiger partial charge in [0, 0.05) is 38.6 Å². The second-order valence-electron chi connectivity index (χ2n) is 6.10. The molecule has 0 bridgehead atoms. The first-order valence-corrected chi connectivity index (χ1v) is 8.24. The van der Waals surface area contributed by atoms with Gasteiger partial charge in [0.15, 0.2) is 5.82 Å². The molecule has 0 unspecified atom stereocenters. The Morgan fingerprint density at radius 3 is 2.72 bits per heavy atom. The summed E-state index contributed by atoms with van der Waals surface area (Å²) in [7, 11) is 0. The number of fused-ring (bicyclic) bond motifs is 1. The number of hydrogen-bond acceptors (Lipinski definition) is 7. The van der Waals surface area contributed by atoms with Crippen LogP contribution in [0.15, 0.2) is 12.4 Å². The van der Waals surface area contributed by atoms with E-state index in [4.69, 9.17) is 4.74 Å². The predicted octanol–water partition coefficient (Wildman–Crippen LogP) is -0.466. The molecule has 4 heterocycles. The van der Waals surface area contributed by atoms with Gasteiger partial charge in [0.2, 0.25) is 11.6 Å². The molecule has 2 saturated heterocycles. The highest BCUT2D eigenvalue weighted by atomic mass is 16.6. The number of anilines is 1. The molecule has 2 fully saturated rings. The predicted molar refractivity (Wildman–Crippen MR) is 87.2 cm³/mol. The summed E-state index contributed by atoms with van der Waals surface area (Å²) in [6.07, 6.45) is 3.16. The highest BCUT2D eigenvalue weighted by molar-refractivity contribution is 5.83. The van der Waals surface area contributed by atoms with Gasteiger partial charge in [0.05, 0.1) is 6.54 Å². The first kappa shape index (κ1) is 15.6. The first-order chi connectivity index (χ1) is 12.1. The van der Waals surface area contributed by atoms with Crippen molar-refractivity contribution in [3.63, 3.8) is 0 Å². The molecule has 2 aromatic heterocycles. The van der Waals surface area contributed by atoms with Crippen LogP contribution in [0.5, 0.6) is 0 Å². The number of carbonyl (C=O) groups is 2. The molecular weight excluding hydrogens is 326 g/mol. The number of amides is 2. The highest BCUT2D eigenvalue weighted by Crippen LogP contribution is 2.19. The number of nitrogens with zero attached hydrogens (tertiary/aromatic N) is 7. The monoisotopic (exact) mass is 345 g/mol. The lowest BCUT2D eigenvalue weighted by Gasteiger charge is -2.35. The highest BCUT2D eigenvalue weighted by Gasteiger charge is 2.29. The van der Waals surface area contributed by atoms with E-state index in [1.54, 1.807) is 11.1 Å². The Kier molecular flexibility index (Phi) is 3.86. The van der Waals surface area contributed by atoms with Crippen molar-refractivity contribution < 1.29 is 14.3 Å². The van der Waals surface area contributed by atoms with Gasteiger partial charge in [-0.05, 0) is 6.92 Å². The van der Waals surface area contributed by atoms with E-state index in [1.165, 1.54) is 4.90 Å². The van der Waals surface area contributed by atoms with Crippen molar-refractivity contribution in [3.05, 3.63) is 18.2 Å². The average Bonchev–Trinajstić information content (AvgIpc) is 3.21. The summed E-state index contributed by atoms with van der Waals surface area (Å²) in [6, 6.07) is 0. The van der Waals surface area contributed by atoms with Gasteiger partial charge in [-0.15, -0.1) is 10.2 Å². The van der Waals surface area contributed by atoms with Crippen LogP contribution in [0.3, 0.4) is 0 Å². The molecule has 25 heavy (non-hydrogen) atoms. The van der Waals surface area contributed by atoms with E-state index < -0.39 is 6.09 Å². The fourth-order valence-electron chi connectivity index (χ4n) is 3.15. The van der Waals surface area contributed by atoms with Gasteiger partial charge in [-0.25, -0.2) is 9.78 Å². The van der Waals surface area contributed by atoms with Gasteiger partial charge in [0.25, 0.3) is 0 Å². The summed E-state index contributed by atoms with van der Waals surface area (Å²) in [6.45, 7) is 5.29. The van der Waals surface area contributed by atoms with Crippen molar-refractivity contribution in [1.82, 2.24) is 29.4 Å². The van der Waals surface area contributed by atoms with Crippen molar-refractivity contribution in [2.45, 2.75) is 6.92 Å². The SMILES string of the molecule is Cc1nnc2c(N3CCN(C(=O)CN4CCOC4=O)CC3)nccn12. The molecule has 0 aromatic carbocycles. The zero-order valence-electron chi connectivity index (χ0n) is 14.0. The number of cyclic esters (lactones) is 1. The van der Waals surface area contributed by atoms with Crippen molar-refractivity contribution in [1.29, 1.82) is 0 Å². The number of hydrogen-bond donors (Lipinski definition) is 0. The van der Waals surface area contributed by atoms with E-state index in [0.717, 1.165) is 17.3 Å². The van der Waals surface area contributed by atoms with Crippen LogP contribution < -0.4 is 4.90 Å². The van der Waals surface area contributed by atoms with Gasteiger partial charge >= 0.3 is 6.09 Å². The fraction of sp³-hybridized carbons (Fsp3) is 0.533. The third-order valence-electron chi connectivity index (χ3n) is 4.58. The lowest BCUT2D eigenvalue weighted by molar-refractivity contribution is -0.132. The Labute approximate surface area is 144 Å². The molecular formula is C15H19N7O3. The molecule has 0 radical (unpaired) electrons. The second-order valence-corrected chi connectivity index (χ2v) is 6.10. The Hall–Kier alpha value is -2.91. The zero-order valence-corrected chi connectivity index (χ0v) is 14.0. The van der Waals surface area contributed by atoms with Gasteiger partial charge in [0.1, 0.15) is 19.0 Å². The van der Waals surface area contributed by atoms with E-state index in [2.05, 4.69) is 20.1 Å². The quantitative estimate of drug-likeness (QED) is 0.742. The van der Waals surface area contributed by atoms with Crippen LogP contribution >= 0.6 is 0 Å². The number of aromatic nitrogens is 4. The number of aryl methyl sites for hydroxylation is 1. The molecule has 4 rings (SSSR count). The van der Waals surface area contributed by atoms with Crippen LogP contribution in [0.4, 0.5) is 10.6 Å². The maximum Gasteiger partial charge on any atom is 0.410 e. The van der Waals surface area contributed by atoms with Gasteiger partial charge in [-0.1, -0.05) is 0 Å². The molecule has 2 aliphatic heterocycles. The summed E-state index contributed by atoms with van der Waals surface area (Å²) in [5, 5.41) is 8.29. The average molecular weight is 345 g/mol. The van der Waals surface area contributed by atoms with Crippen LogP contribution in [-0.2, 0) is 9.53 Å². The van der Waals surface area contributed by atoms with Crippen molar-refractivity contribution in [3.8, 4) is 0 Å². The van der Waals surface area contributed by atoms with Crippen LogP contribution in [0.25, 0.3) is 5.65 Å². The van der Waals surface area contributed by atoms with E-state index in [9.17, 15) is 9.59 Å². The number of carbonyl (C=O) groups excluding carboxylic acids is 2. The van der Waals surface area contributed by atoms with E-state index in [0.29, 0.717) is 39.3 Å². The lowest BCUT2D eigenvalue weighted by atomic mass is 10.3. The third-order valence-corrected chi connectivity index (χ3v) is 4.58. The molecule has 132 valence electrons. The molecule has 10 nitrogen and oxygen atoms in total. The molecule has 0 spiro atoms. The van der Waals surface area contributed by atoms with Gasteiger partial charge < -0.3 is 14.5 Å². The molecule has 0 saturated carbocycles. The van der Waals surface area contributed by atoms with E-state index >= 15 is 0 Å². The first-order valence-electron chi connectivity index (χ1n) is 8.24. The van der Waals surface area contributed by atoms with Crippen molar-refractivity contribution in [2.75, 3.05) is 50.8 Å². The maximum atomic E-state index is 12.4. The Morgan fingerprint density at radius 2 is 2.00 bits per heavy atom. The topological polar surface area (TPSA) is 96.2 Å². The number of rotatable bonds is 3. The third kappa shape index (κ3) is 2.83. The van der Waals surface area contributed by atoms with Crippen LogP contribution in [0, 0.1) is 6.92 Å². The van der Waals surface area contributed by atoms with E-state index in [-0.39, 0.29) is 12.5 Å². The molecule has 2 aliphatic rings. The van der Waals surface area contributed by atoms with Crippen molar-refractivity contribution >= 4 is 23.5 Å². The molecule has 2 aromatic rings. The van der Waals surface area contributed by atoms with Crippen LogP contribution in [0.1, 0.15) is 5.82 Å². The minimum Gasteiger partial charge on any atom is -0.448 e. The zero-order chi connectivity index (χ0) is 17.4. The Bertz CT molecular complexity index is 813. The van der Waals surface area contributed by atoms with Crippen LogP contribution in [-0.4, -0.2) is 87.3 Å². The Morgan fingerprint density at radius 1 is 1.20 bits per heavy atom. The van der Waals surface area contributed by atoms with Gasteiger partial charge in [-0.3, -0.25) is 14.1 Å². The largest absolute Gasteiger partial charge is 0.448 e. The molecule has 0 aliphatic carbocycles. The second kappa shape index (κ2) is 6.19. The van der Waals surface area contributed by atoms with Gasteiger partial charge in [-0.2, -0.15) is 0 Å². The number of piperazine rings is 1. The number of ether oxygens (including phenoxy) is 1. The lowest BCUT2D eigenvalue weighted by Crippen LogP contribution is -2.51. The summed E-state index contributed by atoms with van der Waals surface area (Å²) in [4.78, 5) is 33.6. The van der Waals surface area contributed by atoms with Crippen LogP contribution in [0.2, 0.25) is 0 Å². The summed E-state index contributed by atoms with van der Waals surface area (Å²) in [5.41, 5.74) is 0.722. The standard InChI is InChI=1S/C15H19N7O3/c1-11-17-18-14-13(16-2-3-22(11)14)20-6-4-19(5-7-20)12(23)10-21-8-9-25-15(21)24/h2-3H,4-10H2,1H3. The molecule has 2 amide bonds. The summed E-state index contributed by atoms with van der Waals surface area (Å²) >= 11 is 0. The fourth-order valence-corrected chi connectivity index (χ4v) is 3.15. The minimum absolute atomic E-state index is 0.0528. The summed E-state index contributed by atoms with van der Waals surface area (Å²) in [5.74, 6) is 1.53. The molecule has 10 heteroatoms. The normalized spacial score (nSPS) is 18.1. The summed E-state index contributed by atoms with van der Waals surface area (Å²) < 4.78 is 6.76. The van der Waals surface area contributed by atoms with Crippen molar-refractivity contribution in [2.24, 2.45) is 0 Å².